The predicted molar refractivity (Wildman–Crippen MR) is 84.4 cm³/mol. The number of thiophene rings is 2. The lowest BCUT2D eigenvalue weighted by atomic mass is 10.2. The van der Waals surface area contributed by atoms with E-state index in [4.69, 9.17) is 5.11 Å². The Kier molecular flexibility index (Phi) is 3.94. The summed E-state index contributed by atoms with van der Waals surface area (Å²) in [6, 6.07) is 7.62. The highest BCUT2D eigenvalue weighted by Crippen LogP contribution is 2.35. The van der Waals surface area contributed by atoms with Gasteiger partial charge in [-0.25, -0.2) is 13.4 Å². The van der Waals surface area contributed by atoms with Gasteiger partial charge in [-0.2, -0.15) is 0 Å². The molecule has 21 heavy (non-hydrogen) atoms. The van der Waals surface area contributed by atoms with E-state index in [0.717, 1.165) is 9.75 Å². The molecule has 0 saturated carbocycles. The zero-order valence-corrected chi connectivity index (χ0v) is 13.3. The highest BCUT2D eigenvalue weighted by molar-refractivity contribution is 7.91. The molecule has 3 aromatic rings. The topological polar surface area (TPSA) is 83.1 Å². The number of aliphatic hydroxyl groups excluding tert-OH is 1. The molecule has 0 saturated heterocycles. The van der Waals surface area contributed by atoms with Crippen molar-refractivity contribution >= 4 is 32.5 Å². The van der Waals surface area contributed by atoms with Crippen LogP contribution in [0.3, 0.4) is 0 Å². The molecule has 0 spiro atoms. The van der Waals surface area contributed by atoms with Crippen LogP contribution in [-0.2, 0) is 9.84 Å². The number of hydrogen-bond donors (Lipinski definition) is 2. The summed E-state index contributed by atoms with van der Waals surface area (Å²) >= 11 is 3.02. The predicted octanol–water partition coefficient (Wildman–Crippen LogP) is 2.63. The second-order valence-electron chi connectivity index (χ2n) is 4.26. The van der Waals surface area contributed by atoms with Crippen molar-refractivity contribution in [3.8, 4) is 21.1 Å². The number of hydrogen-bond acceptors (Lipinski definition) is 6. The van der Waals surface area contributed by atoms with Gasteiger partial charge in [0.25, 0.3) is 0 Å². The van der Waals surface area contributed by atoms with Crippen LogP contribution >= 0.6 is 22.7 Å². The van der Waals surface area contributed by atoms with E-state index in [1.807, 2.05) is 35.0 Å². The number of imidazole rings is 1. The van der Waals surface area contributed by atoms with Crippen molar-refractivity contribution in [2.75, 3.05) is 12.4 Å². The Balaban J connectivity index is 2.17. The van der Waals surface area contributed by atoms with Gasteiger partial charge in [-0.1, -0.05) is 12.1 Å². The summed E-state index contributed by atoms with van der Waals surface area (Å²) in [5, 5.41) is 12.6. The molecule has 0 amide bonds. The lowest BCUT2D eigenvalue weighted by Gasteiger charge is -1.96. The molecule has 3 aromatic heterocycles. The zero-order valence-electron chi connectivity index (χ0n) is 10.8. The van der Waals surface area contributed by atoms with E-state index in [-0.39, 0.29) is 10.9 Å². The van der Waals surface area contributed by atoms with Crippen LogP contribution in [0.5, 0.6) is 0 Å². The Hall–Kier alpha value is -1.48. The fourth-order valence-electron chi connectivity index (χ4n) is 1.91. The molecule has 0 atom stereocenters. The Labute approximate surface area is 129 Å². The minimum Gasteiger partial charge on any atom is -0.395 e. The summed E-state index contributed by atoms with van der Waals surface area (Å²) in [7, 11) is -3.60. The largest absolute Gasteiger partial charge is 0.395 e. The van der Waals surface area contributed by atoms with E-state index >= 15 is 0 Å². The van der Waals surface area contributed by atoms with Crippen molar-refractivity contribution in [1.82, 2.24) is 9.97 Å². The fourth-order valence-corrected chi connectivity index (χ4v) is 4.27. The van der Waals surface area contributed by atoms with E-state index < -0.39 is 16.4 Å². The number of aromatic amines is 1. The normalized spacial score (nSPS) is 11.9. The zero-order chi connectivity index (χ0) is 14.9. The summed E-state index contributed by atoms with van der Waals surface area (Å²) in [6.45, 7) is -0.425. The lowest BCUT2D eigenvalue weighted by Crippen LogP contribution is -2.11. The maximum Gasteiger partial charge on any atom is 0.226 e. The van der Waals surface area contributed by atoms with Crippen LogP contribution in [-0.4, -0.2) is 35.9 Å². The Morgan fingerprint density at radius 1 is 1.14 bits per heavy atom. The van der Waals surface area contributed by atoms with Crippen molar-refractivity contribution in [3.63, 3.8) is 0 Å². The molecule has 3 heterocycles. The molecule has 0 fully saturated rings. The highest BCUT2D eigenvalue weighted by atomic mass is 32.2. The van der Waals surface area contributed by atoms with E-state index in [1.165, 1.54) is 22.7 Å². The third-order valence-corrected chi connectivity index (χ3v) is 6.13. The molecule has 5 nitrogen and oxygen atoms in total. The van der Waals surface area contributed by atoms with Crippen molar-refractivity contribution in [1.29, 1.82) is 0 Å². The van der Waals surface area contributed by atoms with Gasteiger partial charge >= 0.3 is 0 Å². The first-order valence-corrected chi connectivity index (χ1v) is 9.54. The van der Waals surface area contributed by atoms with Crippen LogP contribution in [0.15, 0.2) is 40.2 Å². The molecule has 3 rings (SSSR count). The first-order chi connectivity index (χ1) is 10.1. The van der Waals surface area contributed by atoms with Crippen molar-refractivity contribution in [2.45, 2.75) is 5.16 Å². The van der Waals surface area contributed by atoms with E-state index in [0.29, 0.717) is 11.4 Å². The van der Waals surface area contributed by atoms with Gasteiger partial charge in [-0.15, -0.1) is 22.7 Å². The molecule has 0 aliphatic heterocycles. The number of sulfone groups is 1. The van der Waals surface area contributed by atoms with Crippen LogP contribution in [0.1, 0.15) is 0 Å². The van der Waals surface area contributed by atoms with Gasteiger partial charge in [0.15, 0.2) is 0 Å². The lowest BCUT2D eigenvalue weighted by molar-refractivity contribution is 0.319. The molecule has 2 N–H and O–H groups in total. The van der Waals surface area contributed by atoms with Crippen LogP contribution in [0.4, 0.5) is 0 Å². The second kappa shape index (κ2) is 5.72. The number of nitrogens with one attached hydrogen (secondary N) is 1. The van der Waals surface area contributed by atoms with Gasteiger partial charge in [0.1, 0.15) is 5.69 Å². The quantitative estimate of drug-likeness (QED) is 0.748. The molecule has 0 aliphatic carbocycles. The van der Waals surface area contributed by atoms with Gasteiger partial charge in [-0.3, -0.25) is 0 Å². The average molecular weight is 340 g/mol. The Morgan fingerprint density at radius 2 is 1.81 bits per heavy atom. The Morgan fingerprint density at radius 3 is 2.38 bits per heavy atom. The molecular formula is C13H12N2O3S3. The molecule has 0 aliphatic rings. The third-order valence-electron chi connectivity index (χ3n) is 2.86. The van der Waals surface area contributed by atoms with E-state index in [2.05, 4.69) is 9.97 Å². The number of aromatic nitrogens is 2. The first-order valence-electron chi connectivity index (χ1n) is 6.13. The molecule has 0 radical (unpaired) electrons. The summed E-state index contributed by atoms with van der Waals surface area (Å²) in [6.07, 6.45) is 0. The Bertz CT molecular complexity index is 767. The minimum atomic E-state index is -3.60. The van der Waals surface area contributed by atoms with Crippen LogP contribution in [0, 0.1) is 0 Å². The summed E-state index contributed by atoms with van der Waals surface area (Å²) in [5.41, 5.74) is 1.33. The van der Waals surface area contributed by atoms with Gasteiger partial charge in [0.2, 0.25) is 15.0 Å². The van der Waals surface area contributed by atoms with Crippen LogP contribution in [0.25, 0.3) is 21.1 Å². The fraction of sp³-hybridized carbons (Fsp3) is 0.154. The molecule has 0 bridgehead atoms. The molecule has 0 aromatic carbocycles. The van der Waals surface area contributed by atoms with Crippen molar-refractivity contribution in [3.05, 3.63) is 35.0 Å². The SMILES string of the molecule is O=S(=O)(CCO)c1nc(-c2cccs2)c(-c2cccs2)[nH]1. The molecule has 0 unspecified atom stereocenters. The molecule has 110 valence electrons. The summed E-state index contributed by atoms with van der Waals surface area (Å²) in [4.78, 5) is 9.00. The van der Waals surface area contributed by atoms with E-state index in [1.54, 1.807) is 0 Å². The van der Waals surface area contributed by atoms with Gasteiger partial charge in [-0.05, 0) is 22.9 Å². The number of aliphatic hydroxyl groups is 1. The minimum absolute atomic E-state index is 0.0941. The smallest absolute Gasteiger partial charge is 0.226 e. The standard InChI is InChI=1S/C13H12N2O3S3/c16-5-8-21(17,18)13-14-11(9-3-1-6-19-9)12(15-13)10-4-2-7-20-10/h1-4,6-7,16H,5,8H2,(H,14,15). The van der Waals surface area contributed by atoms with E-state index in [9.17, 15) is 8.42 Å². The number of H-pyrrole nitrogens is 1. The van der Waals surface area contributed by atoms with Crippen molar-refractivity contribution in [2.24, 2.45) is 0 Å². The number of rotatable bonds is 5. The maximum atomic E-state index is 12.1. The highest BCUT2D eigenvalue weighted by Gasteiger charge is 2.23. The van der Waals surface area contributed by atoms with Gasteiger partial charge in [0, 0.05) is 0 Å². The average Bonchev–Trinajstić information content (AvgIpc) is 3.19. The van der Waals surface area contributed by atoms with Crippen molar-refractivity contribution < 1.29 is 13.5 Å². The third kappa shape index (κ3) is 2.80. The van der Waals surface area contributed by atoms with Crippen LogP contribution < -0.4 is 0 Å². The monoisotopic (exact) mass is 340 g/mol. The summed E-state index contributed by atoms with van der Waals surface area (Å²) in [5.74, 6) is -0.339. The first kappa shape index (κ1) is 14.5. The van der Waals surface area contributed by atoms with Crippen LogP contribution in [0.2, 0.25) is 0 Å². The maximum absolute atomic E-state index is 12.1. The van der Waals surface area contributed by atoms with Gasteiger partial charge in [0.05, 0.1) is 27.8 Å². The molecular weight excluding hydrogens is 328 g/mol. The summed E-state index contributed by atoms with van der Waals surface area (Å²) < 4.78 is 24.2. The molecule has 8 heteroatoms. The number of nitrogens with zero attached hydrogens (tertiary/aromatic N) is 1. The second-order valence-corrected chi connectivity index (χ2v) is 8.18. The van der Waals surface area contributed by atoms with Gasteiger partial charge < -0.3 is 10.1 Å².